The third kappa shape index (κ3) is 7.37. The Morgan fingerprint density at radius 3 is 2.17 bits per heavy atom. The summed E-state index contributed by atoms with van der Waals surface area (Å²) in [5, 5.41) is 7.43. The molecule has 0 saturated carbocycles. The smallest absolute Gasteiger partial charge is 0.509 e. The Kier molecular flexibility index (Phi) is 11.4. The van der Waals surface area contributed by atoms with Crippen molar-refractivity contribution in [2.45, 2.75) is 99.3 Å². The maximum atomic E-state index is 6.68. The van der Waals surface area contributed by atoms with Crippen molar-refractivity contribution in [3.05, 3.63) is 131 Å². The largest absolute Gasteiger partial charge is 2.00 e. The van der Waals surface area contributed by atoms with Crippen LogP contribution in [0.4, 0.5) is 0 Å². The average molecular weight is 793 g/mol. The minimum absolute atomic E-state index is 0. The van der Waals surface area contributed by atoms with E-state index in [2.05, 4.69) is 152 Å². The second kappa shape index (κ2) is 15.9. The summed E-state index contributed by atoms with van der Waals surface area (Å²) in [4.78, 5) is 4.84. The van der Waals surface area contributed by atoms with Gasteiger partial charge in [0.2, 0.25) is 0 Å². The summed E-state index contributed by atoms with van der Waals surface area (Å²) in [6, 6.07) is 35.2. The summed E-state index contributed by atoms with van der Waals surface area (Å²) in [7, 11) is 0. The van der Waals surface area contributed by atoms with Crippen molar-refractivity contribution in [1.82, 2.24) is 19.3 Å². The Bertz CT molecular complexity index is 2370. The molecule has 0 aliphatic rings. The van der Waals surface area contributed by atoms with Crippen LogP contribution in [0.3, 0.4) is 0 Å². The molecule has 0 bridgehead atoms. The zero-order valence-electron chi connectivity index (χ0n) is 32.4. The first-order chi connectivity index (χ1) is 25.0. The molecule has 0 fully saturated rings. The van der Waals surface area contributed by atoms with Crippen molar-refractivity contribution < 1.29 is 25.2 Å². The van der Waals surface area contributed by atoms with E-state index in [0.717, 1.165) is 69.5 Å². The predicted octanol–water partition coefficient (Wildman–Crippen LogP) is 12.8. The predicted molar refractivity (Wildman–Crippen MR) is 216 cm³/mol. The number of pyridine rings is 1. The number of hydrogen-bond donors (Lipinski definition) is 0. The Hall–Kier alpha value is -4.50. The molecular weight excluding hydrogens is 743 g/mol. The zero-order valence-corrected chi connectivity index (χ0v) is 34.0. The third-order valence-electron chi connectivity index (χ3n) is 10.3. The van der Waals surface area contributed by atoms with Gasteiger partial charge >= 0.3 is 20.4 Å². The second-order valence-corrected chi connectivity index (χ2v) is 15.1. The van der Waals surface area contributed by atoms with Crippen molar-refractivity contribution in [1.29, 1.82) is 0 Å². The van der Waals surface area contributed by atoms with Crippen LogP contribution in [0.5, 0.6) is 11.5 Å². The number of benzene rings is 4. The molecule has 5 nitrogen and oxygen atoms in total. The Balaban J connectivity index is 0.00000481. The van der Waals surface area contributed by atoms with Gasteiger partial charge in [-0.05, 0) is 96.0 Å². The van der Waals surface area contributed by atoms with Crippen LogP contribution in [0.15, 0.2) is 85.1 Å². The summed E-state index contributed by atoms with van der Waals surface area (Å²) >= 11 is 0. The Morgan fingerprint density at radius 2 is 1.47 bits per heavy atom. The minimum atomic E-state index is 0. The van der Waals surface area contributed by atoms with E-state index in [-0.39, 0.29) is 26.3 Å². The van der Waals surface area contributed by atoms with Gasteiger partial charge in [-0.15, -0.1) is 41.3 Å². The van der Waals surface area contributed by atoms with Crippen LogP contribution < -0.4 is 4.74 Å². The molecule has 6 heteroatoms. The van der Waals surface area contributed by atoms with Crippen molar-refractivity contribution in [3.63, 3.8) is 0 Å². The van der Waals surface area contributed by atoms with Crippen molar-refractivity contribution in [3.8, 4) is 34.1 Å². The van der Waals surface area contributed by atoms with Gasteiger partial charge in [-0.1, -0.05) is 96.8 Å². The molecule has 0 atom stereocenters. The first kappa shape index (κ1) is 38.2. The molecule has 0 amide bonds. The van der Waals surface area contributed by atoms with E-state index in [1.165, 1.54) is 27.8 Å². The van der Waals surface area contributed by atoms with E-state index in [1.807, 2.05) is 16.9 Å². The minimum Gasteiger partial charge on any atom is -0.509 e. The second-order valence-electron chi connectivity index (χ2n) is 15.1. The molecule has 0 unspecified atom stereocenters. The SMILES string of the molecule is CCCCc1ccnc(-n2c3[c-]c(Oc4[c-]c(-n5nc(C)c(-c6c(C(C)C)cccc6C(C)C)c5C)cc(C(C)C)c4)ccc3c3ccccc32)c1.[Pd+2]. The fourth-order valence-corrected chi connectivity index (χ4v) is 7.54. The molecule has 4 aromatic carbocycles. The maximum Gasteiger partial charge on any atom is 2.00 e. The van der Waals surface area contributed by atoms with Gasteiger partial charge in [-0.25, -0.2) is 4.98 Å². The summed E-state index contributed by atoms with van der Waals surface area (Å²) in [6.45, 7) is 20.1. The molecule has 0 radical (unpaired) electrons. The monoisotopic (exact) mass is 792 g/mol. The number of aryl methyl sites for hydroxylation is 2. The molecular formula is C47H50N4OPd. The molecule has 0 N–H and O–H groups in total. The van der Waals surface area contributed by atoms with Gasteiger partial charge in [0.05, 0.1) is 5.69 Å². The first-order valence-corrected chi connectivity index (χ1v) is 18.9. The molecule has 7 aromatic rings. The number of unbranched alkanes of at least 4 members (excludes halogenated alkanes) is 1. The molecule has 3 aromatic heterocycles. The van der Waals surface area contributed by atoms with Gasteiger partial charge in [0.1, 0.15) is 5.82 Å². The number of hydrogen-bond acceptors (Lipinski definition) is 3. The number of para-hydroxylation sites is 1. The van der Waals surface area contributed by atoms with E-state index in [4.69, 9.17) is 14.8 Å². The van der Waals surface area contributed by atoms with E-state index in [9.17, 15) is 0 Å². The van der Waals surface area contributed by atoms with E-state index < -0.39 is 0 Å². The fourth-order valence-electron chi connectivity index (χ4n) is 7.54. The van der Waals surface area contributed by atoms with Crippen LogP contribution in [0.25, 0.3) is 44.4 Å². The Labute approximate surface area is 329 Å². The first-order valence-electron chi connectivity index (χ1n) is 18.9. The topological polar surface area (TPSA) is 44.9 Å². The molecule has 53 heavy (non-hydrogen) atoms. The standard InChI is InChI=1S/C47H50N4O.Pd/c1-10-11-15-34-22-23-48-45(24-34)50-43-19-13-12-16-41(43)42-21-20-37(28-44(42)50)52-38-26-35(29(2)3)25-36(27-38)51-33(9)46(32(8)49-51)47-39(30(4)5)17-14-18-40(47)31(6)7;/h12-14,16-26,29-31H,10-11,15H2,1-9H3;/q-2;+2. The van der Waals surface area contributed by atoms with Gasteiger partial charge in [-0.2, -0.15) is 11.2 Å². The maximum absolute atomic E-state index is 6.68. The molecule has 0 aliphatic carbocycles. The van der Waals surface area contributed by atoms with Gasteiger partial charge in [-0.3, -0.25) is 4.68 Å². The van der Waals surface area contributed by atoms with Gasteiger partial charge in [0, 0.05) is 34.5 Å². The van der Waals surface area contributed by atoms with Crippen molar-refractivity contribution in [2.75, 3.05) is 0 Å². The van der Waals surface area contributed by atoms with Gasteiger partial charge < -0.3 is 9.30 Å². The van der Waals surface area contributed by atoms with Crippen LogP contribution >= 0.6 is 0 Å². The quantitative estimate of drug-likeness (QED) is 0.0968. The van der Waals surface area contributed by atoms with Gasteiger partial charge in [0.25, 0.3) is 0 Å². The molecule has 0 spiro atoms. The summed E-state index contributed by atoms with van der Waals surface area (Å²) in [6.07, 6.45) is 5.26. The summed E-state index contributed by atoms with van der Waals surface area (Å²) in [5.41, 5.74) is 12.7. The molecule has 0 aliphatic heterocycles. The average Bonchev–Trinajstić information content (AvgIpc) is 3.62. The zero-order chi connectivity index (χ0) is 36.7. The summed E-state index contributed by atoms with van der Waals surface area (Å²) in [5.74, 6) is 3.21. The number of rotatable bonds is 11. The van der Waals surface area contributed by atoms with Crippen molar-refractivity contribution in [2.24, 2.45) is 0 Å². The van der Waals surface area contributed by atoms with E-state index in [1.54, 1.807) is 0 Å². The van der Waals surface area contributed by atoms with Crippen LogP contribution in [-0.2, 0) is 26.8 Å². The van der Waals surface area contributed by atoms with E-state index in [0.29, 0.717) is 23.3 Å². The van der Waals surface area contributed by atoms with Gasteiger partial charge in [0.15, 0.2) is 0 Å². The number of ether oxygens (including phenoxy) is 1. The van der Waals surface area contributed by atoms with Crippen LogP contribution in [0, 0.1) is 26.0 Å². The van der Waals surface area contributed by atoms with E-state index >= 15 is 0 Å². The van der Waals surface area contributed by atoms with Crippen LogP contribution in [-0.4, -0.2) is 19.3 Å². The van der Waals surface area contributed by atoms with Crippen LogP contribution in [0.2, 0.25) is 0 Å². The van der Waals surface area contributed by atoms with Crippen LogP contribution in [0.1, 0.15) is 113 Å². The molecule has 0 saturated heterocycles. The molecule has 7 rings (SSSR count). The summed E-state index contributed by atoms with van der Waals surface area (Å²) < 4.78 is 10.9. The molecule has 3 heterocycles. The number of aromatic nitrogens is 4. The third-order valence-corrected chi connectivity index (χ3v) is 10.3. The molecule has 274 valence electrons. The fraction of sp³-hybridized carbons (Fsp3) is 0.319. The Morgan fingerprint density at radius 1 is 0.736 bits per heavy atom. The normalized spacial score (nSPS) is 11.7. The number of nitrogens with zero attached hydrogens (tertiary/aromatic N) is 4. The number of fused-ring (bicyclic) bond motifs is 3. The van der Waals surface area contributed by atoms with Crippen molar-refractivity contribution >= 4 is 21.8 Å².